The average Bonchev–Trinajstić information content (AvgIpc) is 2.75. The van der Waals surface area contributed by atoms with Crippen LogP contribution in [0.15, 0.2) is 29.4 Å². The van der Waals surface area contributed by atoms with Crippen molar-refractivity contribution in [1.29, 1.82) is 0 Å². The zero-order valence-electron chi connectivity index (χ0n) is 17.7. The van der Waals surface area contributed by atoms with Crippen molar-refractivity contribution in [3.8, 4) is 0 Å². The highest BCUT2D eigenvalue weighted by molar-refractivity contribution is 14.0. The summed E-state index contributed by atoms with van der Waals surface area (Å²) in [5.74, 6) is 0.964. The Morgan fingerprint density at radius 3 is 2.69 bits per heavy atom. The number of ether oxygens (including phenoxy) is 1. The molecule has 2 aliphatic heterocycles. The molecule has 0 amide bonds. The average molecular weight is 534 g/mol. The molecule has 8 heteroatoms. The Balaban J connectivity index is 0.00000300. The topological polar surface area (TPSA) is 61.8 Å². The van der Waals surface area contributed by atoms with E-state index >= 15 is 0 Å². The van der Waals surface area contributed by atoms with Gasteiger partial charge in [-0.1, -0.05) is 6.07 Å². The van der Waals surface area contributed by atoms with Crippen molar-refractivity contribution in [3.63, 3.8) is 0 Å². The number of guanidine groups is 1. The lowest BCUT2D eigenvalue weighted by Gasteiger charge is -2.35. The van der Waals surface area contributed by atoms with Crippen molar-refractivity contribution in [1.82, 2.24) is 20.5 Å². The molecular formula is C21H36IN5OS. The quantitative estimate of drug-likeness (QED) is 0.319. The third-order valence-electron chi connectivity index (χ3n) is 5.75. The molecule has 3 heterocycles. The molecule has 164 valence electrons. The van der Waals surface area contributed by atoms with Crippen LogP contribution in [0.2, 0.25) is 0 Å². The second kappa shape index (κ2) is 13.0. The fourth-order valence-corrected chi connectivity index (χ4v) is 4.63. The van der Waals surface area contributed by atoms with Gasteiger partial charge in [0.05, 0.1) is 12.2 Å². The third kappa shape index (κ3) is 7.88. The van der Waals surface area contributed by atoms with Gasteiger partial charge in [-0.3, -0.25) is 14.9 Å². The summed E-state index contributed by atoms with van der Waals surface area (Å²) in [6.45, 7) is 8.72. The Labute approximate surface area is 197 Å². The smallest absolute Gasteiger partial charge is 0.191 e. The molecule has 1 aromatic heterocycles. The van der Waals surface area contributed by atoms with E-state index in [1.807, 2.05) is 24.0 Å². The van der Waals surface area contributed by atoms with Crippen LogP contribution in [0.5, 0.6) is 0 Å². The van der Waals surface area contributed by atoms with Crippen molar-refractivity contribution in [2.75, 3.05) is 45.6 Å². The lowest BCUT2D eigenvalue weighted by Crippen LogP contribution is -2.49. The van der Waals surface area contributed by atoms with E-state index in [-0.39, 0.29) is 28.7 Å². The van der Waals surface area contributed by atoms with E-state index in [4.69, 9.17) is 9.73 Å². The summed E-state index contributed by atoms with van der Waals surface area (Å²) in [4.78, 5) is 11.9. The molecular weight excluding hydrogens is 497 g/mol. The molecule has 0 unspecified atom stereocenters. The van der Waals surface area contributed by atoms with Crippen molar-refractivity contribution in [3.05, 3.63) is 30.1 Å². The Kier molecular flexibility index (Phi) is 11.0. The van der Waals surface area contributed by atoms with Gasteiger partial charge in [0.1, 0.15) is 0 Å². The van der Waals surface area contributed by atoms with Crippen molar-refractivity contribution >= 4 is 41.7 Å². The molecule has 2 aliphatic rings. The van der Waals surface area contributed by atoms with Crippen LogP contribution in [-0.2, 0) is 11.3 Å². The number of thioether (sulfide) groups is 1. The van der Waals surface area contributed by atoms with E-state index in [1.54, 1.807) is 0 Å². The van der Waals surface area contributed by atoms with Crippen LogP contribution in [-0.4, -0.2) is 72.3 Å². The third-order valence-corrected chi connectivity index (χ3v) is 7.15. The van der Waals surface area contributed by atoms with Gasteiger partial charge in [-0.2, -0.15) is 11.8 Å². The zero-order valence-corrected chi connectivity index (χ0v) is 20.9. The number of rotatable bonds is 7. The second-order valence-electron chi connectivity index (χ2n) is 7.71. The van der Waals surface area contributed by atoms with E-state index in [9.17, 15) is 0 Å². The molecule has 1 aromatic rings. The van der Waals surface area contributed by atoms with Gasteiger partial charge in [0.15, 0.2) is 5.96 Å². The van der Waals surface area contributed by atoms with E-state index in [1.165, 1.54) is 0 Å². The fourth-order valence-electron chi connectivity index (χ4n) is 3.86. The number of nitrogens with zero attached hydrogens (tertiary/aromatic N) is 3. The highest BCUT2D eigenvalue weighted by atomic mass is 127. The molecule has 0 radical (unpaired) electrons. The number of nitrogens with one attached hydrogen (secondary N) is 2. The van der Waals surface area contributed by atoms with Crippen LogP contribution < -0.4 is 10.6 Å². The lowest BCUT2D eigenvalue weighted by molar-refractivity contribution is 0.0794. The summed E-state index contributed by atoms with van der Waals surface area (Å²) in [5, 5.41) is 7.11. The number of halogens is 1. The van der Waals surface area contributed by atoms with Crippen LogP contribution >= 0.6 is 35.7 Å². The van der Waals surface area contributed by atoms with Crippen LogP contribution in [0.25, 0.3) is 0 Å². The number of piperidine rings is 1. The van der Waals surface area contributed by atoms with Crippen LogP contribution in [0.4, 0.5) is 0 Å². The second-order valence-corrected chi connectivity index (χ2v) is 8.98. The molecule has 6 nitrogen and oxygen atoms in total. The fraction of sp³-hybridized carbons (Fsp3) is 0.714. The monoisotopic (exact) mass is 533 g/mol. The molecule has 0 bridgehead atoms. The van der Waals surface area contributed by atoms with Crippen LogP contribution in [0, 0.1) is 0 Å². The first-order chi connectivity index (χ1) is 13.7. The standard InChI is InChI=1S/C21H35N5OS.HI/c1-3-22-20(24-17-21(28-2)9-14-27-15-10-21)25-18-7-12-26(13-8-18)16-19-6-4-5-11-23-19;/h4-6,11,18H,3,7-10,12-17H2,1-2H3,(H2,22,24,25);1H. The number of aromatic nitrogens is 1. The van der Waals surface area contributed by atoms with Gasteiger partial charge >= 0.3 is 0 Å². The number of pyridine rings is 1. The first-order valence-corrected chi connectivity index (χ1v) is 11.8. The number of hydrogen-bond donors (Lipinski definition) is 2. The summed E-state index contributed by atoms with van der Waals surface area (Å²) in [6, 6.07) is 6.63. The van der Waals surface area contributed by atoms with E-state index < -0.39 is 0 Å². The largest absolute Gasteiger partial charge is 0.381 e. The number of likely N-dealkylation sites (tertiary alicyclic amines) is 1. The molecule has 0 saturated carbocycles. The first-order valence-electron chi connectivity index (χ1n) is 10.5. The highest BCUT2D eigenvalue weighted by Gasteiger charge is 2.31. The molecule has 29 heavy (non-hydrogen) atoms. The summed E-state index contributed by atoms with van der Waals surface area (Å²) in [7, 11) is 0. The summed E-state index contributed by atoms with van der Waals surface area (Å²) in [5.41, 5.74) is 1.16. The molecule has 2 fully saturated rings. The SMILES string of the molecule is CCNC(=NCC1(SC)CCOCC1)NC1CCN(Cc2ccccn2)CC1.I. The summed E-state index contributed by atoms with van der Waals surface area (Å²) >= 11 is 1.95. The Hall–Kier alpha value is -0.580. The van der Waals surface area contributed by atoms with Gasteiger partial charge in [-0.25, -0.2) is 0 Å². The van der Waals surface area contributed by atoms with Crippen molar-refractivity contribution in [2.45, 2.75) is 49.9 Å². The summed E-state index contributed by atoms with van der Waals surface area (Å²) < 4.78 is 5.78. The van der Waals surface area contributed by atoms with Gasteiger partial charge in [0.25, 0.3) is 0 Å². The van der Waals surface area contributed by atoms with Gasteiger partial charge in [-0.15, -0.1) is 24.0 Å². The molecule has 3 rings (SSSR count). The van der Waals surface area contributed by atoms with E-state index in [2.05, 4.69) is 45.8 Å². The normalized spacial score (nSPS) is 20.7. The Morgan fingerprint density at radius 1 is 1.31 bits per heavy atom. The van der Waals surface area contributed by atoms with Gasteiger partial charge < -0.3 is 15.4 Å². The molecule has 2 saturated heterocycles. The zero-order chi connectivity index (χ0) is 19.7. The van der Waals surface area contributed by atoms with Crippen molar-refractivity contribution < 1.29 is 4.74 Å². The molecule has 0 aliphatic carbocycles. The Morgan fingerprint density at radius 2 is 2.07 bits per heavy atom. The maximum absolute atomic E-state index is 5.55. The number of hydrogen-bond acceptors (Lipinski definition) is 5. The van der Waals surface area contributed by atoms with E-state index in [0.29, 0.717) is 6.04 Å². The summed E-state index contributed by atoms with van der Waals surface area (Å²) in [6.07, 6.45) is 8.53. The number of aliphatic imine (C=N–C) groups is 1. The van der Waals surface area contributed by atoms with Gasteiger partial charge in [-0.05, 0) is 51.0 Å². The van der Waals surface area contributed by atoms with E-state index in [0.717, 1.165) is 83.3 Å². The van der Waals surface area contributed by atoms with Gasteiger partial charge in [0, 0.05) is 56.4 Å². The lowest BCUT2D eigenvalue weighted by atomic mass is 9.99. The minimum absolute atomic E-state index is 0. The molecule has 0 aromatic carbocycles. The predicted octanol–water partition coefficient (Wildman–Crippen LogP) is 3.13. The highest BCUT2D eigenvalue weighted by Crippen LogP contribution is 2.34. The van der Waals surface area contributed by atoms with Crippen molar-refractivity contribution in [2.24, 2.45) is 4.99 Å². The van der Waals surface area contributed by atoms with Crippen LogP contribution in [0.3, 0.4) is 0 Å². The Bertz CT molecular complexity index is 604. The maximum atomic E-state index is 5.55. The molecule has 0 spiro atoms. The first kappa shape index (κ1) is 24.7. The molecule has 0 atom stereocenters. The predicted molar refractivity (Wildman–Crippen MR) is 133 cm³/mol. The maximum Gasteiger partial charge on any atom is 0.191 e. The van der Waals surface area contributed by atoms with Gasteiger partial charge in [0.2, 0.25) is 0 Å². The minimum atomic E-state index is 0. The minimum Gasteiger partial charge on any atom is -0.381 e. The van der Waals surface area contributed by atoms with Crippen LogP contribution in [0.1, 0.15) is 38.3 Å². The molecule has 2 N–H and O–H groups in total.